The van der Waals surface area contributed by atoms with Gasteiger partial charge in [0.1, 0.15) is 23.9 Å². The highest BCUT2D eigenvalue weighted by Crippen LogP contribution is 2.38. The molecule has 0 saturated heterocycles. The first kappa shape index (κ1) is 24.6. The van der Waals surface area contributed by atoms with E-state index in [0.29, 0.717) is 5.56 Å². The van der Waals surface area contributed by atoms with Crippen molar-refractivity contribution in [3.05, 3.63) is 65.2 Å². The summed E-state index contributed by atoms with van der Waals surface area (Å²) in [5, 5.41) is 14.3. The lowest BCUT2D eigenvalue weighted by Gasteiger charge is -2.14. The van der Waals surface area contributed by atoms with Crippen LogP contribution in [0.5, 0.6) is 0 Å². The van der Waals surface area contributed by atoms with E-state index in [0.717, 1.165) is 12.1 Å². The first-order chi connectivity index (χ1) is 17.0. The number of furan rings is 1. The SMILES string of the molecule is CNC(=O)c1c(-c2ccc(F)cc2)oc2nc(NCC(F)(F)F)c(-c3cnc(C)c(C(=O)O)c3)cc12. The lowest BCUT2D eigenvalue weighted by molar-refractivity contribution is -0.115. The van der Waals surface area contributed by atoms with Gasteiger partial charge >= 0.3 is 12.1 Å². The van der Waals surface area contributed by atoms with E-state index in [2.05, 4.69) is 20.6 Å². The number of aryl methyl sites for hydroxylation is 1. The average Bonchev–Trinajstić information content (AvgIpc) is 3.20. The van der Waals surface area contributed by atoms with Crippen LogP contribution in [0, 0.1) is 12.7 Å². The van der Waals surface area contributed by atoms with Crippen molar-refractivity contribution in [3.8, 4) is 22.5 Å². The quantitative estimate of drug-likeness (QED) is 0.316. The van der Waals surface area contributed by atoms with Gasteiger partial charge in [0.2, 0.25) is 5.71 Å². The number of amides is 1. The molecule has 0 atom stereocenters. The summed E-state index contributed by atoms with van der Waals surface area (Å²) in [6, 6.07) is 7.72. The predicted octanol–water partition coefficient (Wildman–Crippen LogP) is 5.04. The number of aromatic carboxylic acids is 1. The Labute approximate surface area is 201 Å². The van der Waals surface area contributed by atoms with Crippen molar-refractivity contribution in [1.29, 1.82) is 0 Å². The highest BCUT2D eigenvalue weighted by atomic mass is 19.4. The lowest BCUT2D eigenvalue weighted by Crippen LogP contribution is -2.22. The average molecular weight is 502 g/mol. The molecule has 4 aromatic rings. The van der Waals surface area contributed by atoms with Crippen molar-refractivity contribution in [3.63, 3.8) is 0 Å². The predicted molar refractivity (Wildman–Crippen MR) is 122 cm³/mol. The van der Waals surface area contributed by atoms with Gasteiger partial charge in [-0.15, -0.1) is 0 Å². The van der Waals surface area contributed by atoms with Crippen molar-refractivity contribution in [2.45, 2.75) is 13.1 Å². The Bertz CT molecular complexity index is 1480. The van der Waals surface area contributed by atoms with Crippen LogP contribution in [-0.4, -0.2) is 46.7 Å². The molecule has 0 saturated carbocycles. The van der Waals surface area contributed by atoms with Crippen LogP contribution in [0.15, 0.2) is 47.0 Å². The molecular weight excluding hydrogens is 484 g/mol. The van der Waals surface area contributed by atoms with E-state index in [4.69, 9.17) is 4.42 Å². The molecule has 0 aliphatic rings. The van der Waals surface area contributed by atoms with Crippen LogP contribution >= 0.6 is 0 Å². The first-order valence-electron chi connectivity index (χ1n) is 10.4. The van der Waals surface area contributed by atoms with Gasteiger partial charge in [-0.25, -0.2) is 9.18 Å². The third-order valence-electron chi connectivity index (χ3n) is 5.33. The number of alkyl halides is 3. The van der Waals surface area contributed by atoms with Crippen LogP contribution in [0.4, 0.5) is 23.4 Å². The fourth-order valence-electron chi connectivity index (χ4n) is 3.61. The molecule has 3 aromatic heterocycles. The topological polar surface area (TPSA) is 117 Å². The van der Waals surface area contributed by atoms with Crippen LogP contribution in [0.3, 0.4) is 0 Å². The molecule has 3 N–H and O–H groups in total. The summed E-state index contributed by atoms with van der Waals surface area (Å²) in [6.07, 6.45) is -3.29. The summed E-state index contributed by atoms with van der Waals surface area (Å²) in [6.45, 7) is 0.0453. The highest BCUT2D eigenvalue weighted by molar-refractivity contribution is 6.11. The Hall–Kier alpha value is -4.48. The third-order valence-corrected chi connectivity index (χ3v) is 5.33. The van der Waals surface area contributed by atoms with Gasteiger partial charge in [0.15, 0.2) is 0 Å². The van der Waals surface area contributed by atoms with Crippen molar-refractivity contribution in [2.75, 3.05) is 18.9 Å². The van der Waals surface area contributed by atoms with Gasteiger partial charge in [-0.3, -0.25) is 9.78 Å². The lowest BCUT2D eigenvalue weighted by atomic mass is 10.0. The molecular formula is C24H18F4N4O4. The molecule has 8 nitrogen and oxygen atoms in total. The Morgan fingerprint density at radius 3 is 2.42 bits per heavy atom. The number of halogens is 4. The first-order valence-corrected chi connectivity index (χ1v) is 10.4. The molecule has 36 heavy (non-hydrogen) atoms. The number of nitrogens with zero attached hydrogens (tertiary/aromatic N) is 2. The van der Waals surface area contributed by atoms with E-state index in [1.807, 2.05) is 0 Å². The van der Waals surface area contributed by atoms with Gasteiger partial charge in [-0.1, -0.05) is 0 Å². The minimum atomic E-state index is -4.58. The van der Waals surface area contributed by atoms with Crippen LogP contribution < -0.4 is 10.6 Å². The third kappa shape index (κ3) is 4.83. The maximum atomic E-state index is 13.5. The molecule has 0 spiro atoms. The monoisotopic (exact) mass is 502 g/mol. The number of carbonyl (C=O) groups is 2. The number of fused-ring (bicyclic) bond motifs is 1. The van der Waals surface area contributed by atoms with Gasteiger partial charge < -0.3 is 20.2 Å². The summed E-state index contributed by atoms with van der Waals surface area (Å²) >= 11 is 0. The van der Waals surface area contributed by atoms with Gasteiger partial charge in [0.05, 0.1) is 22.2 Å². The second kappa shape index (κ2) is 9.29. The minimum Gasteiger partial charge on any atom is -0.478 e. The molecule has 3 heterocycles. The van der Waals surface area contributed by atoms with Gasteiger partial charge in [-0.05, 0) is 43.3 Å². The number of rotatable bonds is 6. The number of aromatic nitrogens is 2. The number of hydrogen-bond acceptors (Lipinski definition) is 6. The van der Waals surface area contributed by atoms with Gasteiger partial charge in [0.25, 0.3) is 5.91 Å². The molecule has 12 heteroatoms. The molecule has 1 aromatic carbocycles. The number of hydrogen-bond donors (Lipinski definition) is 3. The smallest absolute Gasteiger partial charge is 0.405 e. The molecule has 0 radical (unpaired) electrons. The minimum absolute atomic E-state index is 0.0220. The second-order valence-corrected chi connectivity index (χ2v) is 7.76. The summed E-state index contributed by atoms with van der Waals surface area (Å²) in [5.74, 6) is -2.59. The van der Waals surface area contributed by atoms with E-state index < -0.39 is 30.4 Å². The number of benzene rings is 1. The van der Waals surface area contributed by atoms with E-state index in [9.17, 15) is 32.3 Å². The van der Waals surface area contributed by atoms with Gasteiger partial charge in [-0.2, -0.15) is 18.2 Å². The van der Waals surface area contributed by atoms with Crippen LogP contribution in [0.25, 0.3) is 33.6 Å². The van der Waals surface area contributed by atoms with Crippen LogP contribution in [-0.2, 0) is 0 Å². The largest absolute Gasteiger partial charge is 0.478 e. The fourth-order valence-corrected chi connectivity index (χ4v) is 3.61. The number of pyridine rings is 2. The van der Waals surface area contributed by atoms with Crippen molar-refractivity contribution in [1.82, 2.24) is 15.3 Å². The second-order valence-electron chi connectivity index (χ2n) is 7.76. The number of carbonyl (C=O) groups excluding carboxylic acids is 1. The van der Waals surface area contributed by atoms with Gasteiger partial charge in [0, 0.05) is 29.9 Å². The Morgan fingerprint density at radius 2 is 1.81 bits per heavy atom. The standard InChI is InChI=1S/C24H18F4N4O4/c1-11-15(23(34)35)7-13(9-30-11)16-8-17-18(21(33)29-2)19(12-3-5-14(25)6-4-12)36-22(17)32-20(16)31-10-24(26,27)28/h3-9H,10H2,1-2H3,(H,29,33)(H,31,32)(H,34,35). The molecule has 0 aliphatic heterocycles. The molecule has 4 rings (SSSR count). The van der Waals surface area contributed by atoms with Crippen molar-refractivity contribution >= 4 is 28.8 Å². The molecule has 0 aliphatic carbocycles. The number of anilines is 1. The summed E-state index contributed by atoms with van der Waals surface area (Å²) in [7, 11) is 1.38. The molecule has 0 fully saturated rings. The number of carboxylic acid groups (broad SMARTS) is 1. The Morgan fingerprint density at radius 1 is 1.11 bits per heavy atom. The summed E-state index contributed by atoms with van der Waals surface area (Å²) < 4.78 is 58.2. The van der Waals surface area contributed by atoms with E-state index in [-0.39, 0.29) is 50.6 Å². The zero-order valence-corrected chi connectivity index (χ0v) is 18.8. The molecule has 0 bridgehead atoms. The zero-order valence-electron chi connectivity index (χ0n) is 18.8. The maximum Gasteiger partial charge on any atom is 0.405 e. The Balaban J connectivity index is 2.00. The number of carboxylic acids is 1. The van der Waals surface area contributed by atoms with Crippen LogP contribution in [0.2, 0.25) is 0 Å². The molecule has 1 amide bonds. The van der Waals surface area contributed by atoms with Crippen molar-refractivity contribution < 1.29 is 36.7 Å². The highest BCUT2D eigenvalue weighted by Gasteiger charge is 2.29. The van der Waals surface area contributed by atoms with E-state index in [1.54, 1.807) is 0 Å². The summed E-state index contributed by atoms with van der Waals surface area (Å²) in [4.78, 5) is 32.6. The van der Waals surface area contributed by atoms with Crippen LogP contribution in [0.1, 0.15) is 26.4 Å². The maximum absolute atomic E-state index is 13.5. The van der Waals surface area contributed by atoms with E-state index in [1.165, 1.54) is 44.4 Å². The molecule has 186 valence electrons. The van der Waals surface area contributed by atoms with Crippen molar-refractivity contribution in [2.24, 2.45) is 0 Å². The normalized spacial score (nSPS) is 11.5. The zero-order chi connectivity index (χ0) is 26.2. The number of nitrogens with one attached hydrogen (secondary N) is 2. The van der Waals surface area contributed by atoms with E-state index >= 15 is 0 Å². The summed E-state index contributed by atoms with van der Waals surface area (Å²) in [5.41, 5.74) is 0.485. The fraction of sp³-hybridized carbons (Fsp3) is 0.167. The molecule has 0 unspecified atom stereocenters. The Kier molecular flexibility index (Phi) is 6.35.